The molecule has 2 rings (SSSR count). The Balaban J connectivity index is 1.88. The topological polar surface area (TPSA) is 35.2 Å². The van der Waals surface area contributed by atoms with Crippen LogP contribution in [0.4, 0.5) is 8.78 Å². The average molecular weight is 227 g/mol. The lowest BCUT2D eigenvalue weighted by molar-refractivity contribution is -0.123. The van der Waals surface area contributed by atoms with Crippen molar-refractivity contribution in [2.75, 3.05) is 6.61 Å². The first-order valence-corrected chi connectivity index (χ1v) is 5.38. The normalized spacial score (nSPS) is 25.2. The van der Waals surface area contributed by atoms with Crippen LogP contribution in [0, 0.1) is 0 Å². The highest BCUT2D eigenvalue weighted by atomic mass is 19.3. The fraction of sp³-hybridized carbons (Fsp3) is 0.500. The Kier molecular flexibility index (Phi) is 3.21. The minimum Gasteiger partial charge on any atom is -0.371 e. The highest BCUT2D eigenvalue weighted by Crippen LogP contribution is 2.30. The van der Waals surface area contributed by atoms with Gasteiger partial charge in [0.1, 0.15) is 6.61 Å². The van der Waals surface area contributed by atoms with Crippen molar-refractivity contribution in [2.45, 2.75) is 30.9 Å². The van der Waals surface area contributed by atoms with E-state index in [1.807, 2.05) is 0 Å². The van der Waals surface area contributed by atoms with Gasteiger partial charge in [0.15, 0.2) is 0 Å². The molecule has 0 spiro atoms. The van der Waals surface area contributed by atoms with Crippen LogP contribution in [0.3, 0.4) is 0 Å². The van der Waals surface area contributed by atoms with E-state index in [9.17, 15) is 8.78 Å². The van der Waals surface area contributed by atoms with Gasteiger partial charge in [-0.3, -0.25) is 0 Å². The third-order valence-electron chi connectivity index (χ3n) is 2.83. The van der Waals surface area contributed by atoms with Gasteiger partial charge in [-0.05, 0) is 12.8 Å². The van der Waals surface area contributed by atoms with E-state index in [1.165, 1.54) is 12.1 Å². The zero-order chi connectivity index (χ0) is 11.6. The summed E-state index contributed by atoms with van der Waals surface area (Å²) in [5, 5.41) is 0. The summed E-state index contributed by atoms with van der Waals surface area (Å²) in [6.07, 6.45) is 1.28. The number of nitrogens with two attached hydrogens (primary N) is 1. The molecule has 1 aromatic rings. The number of hydrogen-bond donors (Lipinski definition) is 1. The van der Waals surface area contributed by atoms with E-state index in [0.717, 1.165) is 0 Å². The molecule has 0 amide bonds. The lowest BCUT2D eigenvalue weighted by Crippen LogP contribution is -2.43. The second-order valence-electron chi connectivity index (χ2n) is 4.23. The van der Waals surface area contributed by atoms with Crippen LogP contribution in [0.2, 0.25) is 0 Å². The summed E-state index contributed by atoms with van der Waals surface area (Å²) in [5.41, 5.74) is 5.55. The molecule has 0 bridgehead atoms. The predicted molar refractivity (Wildman–Crippen MR) is 57.3 cm³/mol. The van der Waals surface area contributed by atoms with Crippen LogP contribution in [0.1, 0.15) is 18.4 Å². The lowest BCUT2D eigenvalue weighted by atomic mass is 9.90. The highest BCUT2D eigenvalue weighted by Gasteiger charge is 2.35. The van der Waals surface area contributed by atoms with Gasteiger partial charge >= 0.3 is 0 Å². The van der Waals surface area contributed by atoms with Crippen LogP contribution in [-0.2, 0) is 10.7 Å². The van der Waals surface area contributed by atoms with Gasteiger partial charge in [0, 0.05) is 11.6 Å². The first-order valence-electron chi connectivity index (χ1n) is 5.38. The van der Waals surface area contributed by atoms with Gasteiger partial charge in [0.25, 0.3) is 5.92 Å². The molecule has 2 N–H and O–H groups in total. The Morgan fingerprint density at radius 1 is 1.25 bits per heavy atom. The first-order chi connectivity index (χ1) is 7.58. The maximum atomic E-state index is 13.6. The molecule has 1 aliphatic carbocycles. The summed E-state index contributed by atoms with van der Waals surface area (Å²) >= 11 is 0. The summed E-state index contributed by atoms with van der Waals surface area (Å²) in [6.45, 7) is -0.561. The molecule has 0 aliphatic heterocycles. The summed E-state index contributed by atoms with van der Waals surface area (Å²) < 4.78 is 32.4. The van der Waals surface area contributed by atoms with Crippen molar-refractivity contribution in [2.24, 2.45) is 5.73 Å². The van der Waals surface area contributed by atoms with Gasteiger partial charge < -0.3 is 10.5 Å². The van der Waals surface area contributed by atoms with Crippen LogP contribution >= 0.6 is 0 Å². The van der Waals surface area contributed by atoms with E-state index >= 15 is 0 Å². The van der Waals surface area contributed by atoms with E-state index in [1.54, 1.807) is 18.2 Å². The second kappa shape index (κ2) is 4.47. The number of rotatable bonds is 4. The smallest absolute Gasteiger partial charge is 0.296 e. The molecule has 4 heteroatoms. The van der Waals surface area contributed by atoms with Crippen molar-refractivity contribution in [3.05, 3.63) is 35.9 Å². The van der Waals surface area contributed by atoms with Crippen molar-refractivity contribution in [1.82, 2.24) is 0 Å². The monoisotopic (exact) mass is 227 g/mol. The van der Waals surface area contributed by atoms with Crippen LogP contribution in [0.15, 0.2) is 30.3 Å². The Labute approximate surface area is 93.4 Å². The van der Waals surface area contributed by atoms with Gasteiger partial charge in [0.05, 0.1) is 6.10 Å². The fourth-order valence-corrected chi connectivity index (χ4v) is 1.73. The molecule has 2 nitrogen and oxygen atoms in total. The van der Waals surface area contributed by atoms with E-state index in [2.05, 4.69) is 0 Å². The molecule has 0 unspecified atom stereocenters. The van der Waals surface area contributed by atoms with Crippen LogP contribution < -0.4 is 5.73 Å². The molecular formula is C12H15F2NO. The third-order valence-corrected chi connectivity index (χ3v) is 2.83. The molecule has 0 aromatic heterocycles. The number of halogens is 2. The minimum absolute atomic E-state index is 0.00128. The number of ether oxygens (including phenoxy) is 1. The van der Waals surface area contributed by atoms with E-state index in [-0.39, 0.29) is 17.7 Å². The zero-order valence-corrected chi connectivity index (χ0v) is 8.90. The summed E-state index contributed by atoms with van der Waals surface area (Å²) in [7, 11) is 0. The summed E-state index contributed by atoms with van der Waals surface area (Å²) in [4.78, 5) is 0. The van der Waals surface area contributed by atoms with Crippen LogP contribution in [0.5, 0.6) is 0 Å². The largest absolute Gasteiger partial charge is 0.371 e. The summed E-state index contributed by atoms with van der Waals surface area (Å²) in [5.74, 6) is -2.92. The van der Waals surface area contributed by atoms with Gasteiger partial charge in [-0.15, -0.1) is 0 Å². The predicted octanol–water partition coefficient (Wildman–Crippen LogP) is 2.28. The average Bonchev–Trinajstić information content (AvgIpc) is 2.24. The molecule has 0 heterocycles. The van der Waals surface area contributed by atoms with Gasteiger partial charge in [0.2, 0.25) is 0 Å². The Morgan fingerprint density at radius 3 is 2.44 bits per heavy atom. The van der Waals surface area contributed by atoms with Crippen molar-refractivity contribution in [3.63, 3.8) is 0 Å². The third kappa shape index (κ3) is 2.57. The van der Waals surface area contributed by atoms with E-state index in [4.69, 9.17) is 10.5 Å². The fourth-order valence-electron chi connectivity index (χ4n) is 1.73. The second-order valence-corrected chi connectivity index (χ2v) is 4.23. The maximum Gasteiger partial charge on any atom is 0.296 e. The van der Waals surface area contributed by atoms with Crippen molar-refractivity contribution >= 4 is 0 Å². The highest BCUT2D eigenvalue weighted by molar-refractivity contribution is 5.19. The van der Waals surface area contributed by atoms with E-state index in [0.29, 0.717) is 12.8 Å². The summed E-state index contributed by atoms with van der Waals surface area (Å²) in [6, 6.07) is 7.86. The molecular weight excluding hydrogens is 212 g/mol. The molecule has 0 atom stereocenters. The number of hydrogen-bond acceptors (Lipinski definition) is 2. The first kappa shape index (κ1) is 11.5. The molecule has 1 aliphatic rings. The molecule has 88 valence electrons. The van der Waals surface area contributed by atoms with Crippen LogP contribution in [0.25, 0.3) is 0 Å². The Hall–Kier alpha value is -1.00. The van der Waals surface area contributed by atoms with Gasteiger partial charge in [-0.2, -0.15) is 8.78 Å². The molecule has 1 fully saturated rings. The molecule has 0 saturated heterocycles. The van der Waals surface area contributed by atoms with E-state index < -0.39 is 12.5 Å². The van der Waals surface area contributed by atoms with Crippen LogP contribution in [-0.4, -0.2) is 18.8 Å². The molecule has 1 saturated carbocycles. The van der Waals surface area contributed by atoms with Crippen molar-refractivity contribution in [1.29, 1.82) is 0 Å². The zero-order valence-electron chi connectivity index (χ0n) is 8.90. The Morgan fingerprint density at radius 2 is 1.88 bits per heavy atom. The number of alkyl halides is 2. The SMILES string of the molecule is NC1CC(OCC(F)(F)c2ccccc2)C1. The van der Waals surface area contributed by atoms with Gasteiger partial charge in [-0.1, -0.05) is 30.3 Å². The quantitative estimate of drug-likeness (QED) is 0.856. The molecule has 0 radical (unpaired) electrons. The molecule has 16 heavy (non-hydrogen) atoms. The lowest BCUT2D eigenvalue weighted by Gasteiger charge is -2.33. The Bertz CT molecular complexity index is 336. The van der Waals surface area contributed by atoms with Crippen molar-refractivity contribution in [3.8, 4) is 0 Å². The van der Waals surface area contributed by atoms with Gasteiger partial charge in [-0.25, -0.2) is 0 Å². The molecule has 1 aromatic carbocycles. The number of benzene rings is 1. The van der Waals surface area contributed by atoms with Crippen molar-refractivity contribution < 1.29 is 13.5 Å². The maximum absolute atomic E-state index is 13.6. The minimum atomic E-state index is -2.92. The standard InChI is InChI=1S/C12H15F2NO/c13-12(14,9-4-2-1-3-5-9)8-16-11-6-10(15)7-11/h1-5,10-11H,6-8,15H2.